The maximum absolute atomic E-state index is 12.9. The molecule has 106 valence electrons. The fourth-order valence-electron chi connectivity index (χ4n) is 2.16. The second-order valence-corrected chi connectivity index (χ2v) is 5.17. The Balaban J connectivity index is 2.25. The number of benzene rings is 2. The first-order valence-corrected chi connectivity index (χ1v) is 6.81. The highest BCUT2D eigenvalue weighted by molar-refractivity contribution is 5.48. The monoisotopic (exact) mass is 273 g/mol. The Hall–Kier alpha value is -1.87. The zero-order valence-electron chi connectivity index (χ0n) is 11.9. The third-order valence-corrected chi connectivity index (χ3v) is 3.58. The highest BCUT2D eigenvalue weighted by atomic mass is 19.1. The second-order valence-electron chi connectivity index (χ2n) is 5.17. The largest absolute Gasteiger partial charge is 0.394 e. The first-order valence-electron chi connectivity index (χ1n) is 6.81. The number of hydrogen-bond donors (Lipinski definition) is 2. The number of rotatable bonds is 5. The second kappa shape index (κ2) is 6.06. The van der Waals surface area contributed by atoms with Crippen molar-refractivity contribution in [1.82, 2.24) is 0 Å². The van der Waals surface area contributed by atoms with Gasteiger partial charge < -0.3 is 10.4 Å². The fourth-order valence-corrected chi connectivity index (χ4v) is 2.16. The van der Waals surface area contributed by atoms with Crippen molar-refractivity contribution in [1.29, 1.82) is 0 Å². The van der Waals surface area contributed by atoms with Crippen LogP contribution in [-0.4, -0.2) is 11.7 Å². The van der Waals surface area contributed by atoms with Crippen molar-refractivity contribution in [3.05, 3.63) is 65.5 Å². The van der Waals surface area contributed by atoms with E-state index in [2.05, 4.69) is 24.4 Å². The van der Waals surface area contributed by atoms with Crippen LogP contribution in [0.4, 0.5) is 10.1 Å². The third-order valence-electron chi connectivity index (χ3n) is 3.58. The maximum atomic E-state index is 12.9. The summed E-state index contributed by atoms with van der Waals surface area (Å²) < 4.78 is 12.9. The first-order chi connectivity index (χ1) is 9.57. The minimum atomic E-state index is -0.593. The number of hydrogen-bond acceptors (Lipinski definition) is 2. The van der Waals surface area contributed by atoms with E-state index in [9.17, 15) is 9.50 Å². The molecule has 1 unspecified atom stereocenters. The number of anilines is 1. The molecule has 2 aromatic rings. The van der Waals surface area contributed by atoms with Crippen LogP contribution in [0.5, 0.6) is 0 Å². The molecule has 0 aliphatic carbocycles. The molecule has 0 aliphatic rings. The molecule has 0 saturated carbocycles. The molecular weight excluding hydrogens is 253 g/mol. The van der Waals surface area contributed by atoms with E-state index in [4.69, 9.17) is 0 Å². The average molecular weight is 273 g/mol. The van der Waals surface area contributed by atoms with E-state index in [1.807, 2.05) is 19.1 Å². The van der Waals surface area contributed by atoms with Crippen molar-refractivity contribution in [3.63, 3.8) is 0 Å². The van der Waals surface area contributed by atoms with Crippen LogP contribution in [0, 0.1) is 5.82 Å². The Morgan fingerprint density at radius 1 is 1.05 bits per heavy atom. The van der Waals surface area contributed by atoms with E-state index < -0.39 is 5.54 Å². The standard InChI is InChI=1S/C17H20FNO/c1-3-13-4-6-14(7-5-13)17(2,12-20)19-16-10-8-15(18)9-11-16/h4-11,19-20H,3,12H2,1-2H3. The van der Waals surface area contributed by atoms with Crippen molar-refractivity contribution in [3.8, 4) is 0 Å². The van der Waals surface area contributed by atoms with Gasteiger partial charge in [-0.1, -0.05) is 31.2 Å². The van der Waals surface area contributed by atoms with Crippen LogP contribution >= 0.6 is 0 Å². The van der Waals surface area contributed by atoms with Gasteiger partial charge in [0.1, 0.15) is 5.82 Å². The van der Waals surface area contributed by atoms with Crippen molar-refractivity contribution < 1.29 is 9.50 Å². The molecule has 2 aromatic carbocycles. The lowest BCUT2D eigenvalue weighted by Crippen LogP contribution is -2.35. The Morgan fingerprint density at radius 3 is 2.15 bits per heavy atom. The van der Waals surface area contributed by atoms with E-state index in [0.717, 1.165) is 17.7 Å². The zero-order valence-corrected chi connectivity index (χ0v) is 11.9. The smallest absolute Gasteiger partial charge is 0.123 e. The minimum absolute atomic E-state index is 0.0458. The summed E-state index contributed by atoms with van der Waals surface area (Å²) in [5, 5.41) is 13.0. The number of aliphatic hydroxyl groups is 1. The summed E-state index contributed by atoms with van der Waals surface area (Å²) in [5.41, 5.74) is 2.45. The van der Waals surface area contributed by atoms with Gasteiger partial charge in [-0.15, -0.1) is 0 Å². The molecule has 0 amide bonds. The summed E-state index contributed by atoms with van der Waals surface area (Å²) in [5.74, 6) is -0.270. The summed E-state index contributed by atoms with van der Waals surface area (Å²) in [6.07, 6.45) is 0.988. The summed E-state index contributed by atoms with van der Waals surface area (Å²) >= 11 is 0. The van der Waals surface area contributed by atoms with E-state index in [0.29, 0.717) is 0 Å². The molecule has 0 bridgehead atoms. The van der Waals surface area contributed by atoms with Crippen LogP contribution in [-0.2, 0) is 12.0 Å². The van der Waals surface area contributed by atoms with Crippen LogP contribution < -0.4 is 5.32 Å². The van der Waals surface area contributed by atoms with Crippen molar-refractivity contribution >= 4 is 5.69 Å². The predicted molar refractivity (Wildman–Crippen MR) is 80.3 cm³/mol. The number of nitrogens with one attached hydrogen (secondary N) is 1. The lowest BCUT2D eigenvalue weighted by atomic mass is 9.91. The summed E-state index contributed by atoms with van der Waals surface area (Å²) in [7, 11) is 0. The van der Waals surface area contributed by atoms with Gasteiger partial charge in [-0.2, -0.15) is 0 Å². The molecule has 0 saturated heterocycles. The normalized spacial score (nSPS) is 13.8. The van der Waals surface area contributed by atoms with Gasteiger partial charge in [-0.3, -0.25) is 0 Å². The fraction of sp³-hybridized carbons (Fsp3) is 0.294. The number of aryl methyl sites for hydroxylation is 1. The maximum Gasteiger partial charge on any atom is 0.123 e. The Labute approximate surface area is 119 Å². The molecule has 0 fully saturated rings. The van der Waals surface area contributed by atoms with Crippen molar-refractivity contribution in [2.24, 2.45) is 0 Å². The molecular formula is C17H20FNO. The molecule has 2 nitrogen and oxygen atoms in total. The lowest BCUT2D eigenvalue weighted by molar-refractivity contribution is 0.224. The van der Waals surface area contributed by atoms with Gasteiger partial charge in [0.2, 0.25) is 0 Å². The predicted octanol–water partition coefficient (Wildman–Crippen LogP) is 3.71. The van der Waals surface area contributed by atoms with Gasteiger partial charge in [-0.05, 0) is 48.7 Å². The van der Waals surface area contributed by atoms with Gasteiger partial charge in [0.25, 0.3) is 0 Å². The zero-order chi connectivity index (χ0) is 14.6. The van der Waals surface area contributed by atoms with E-state index in [-0.39, 0.29) is 12.4 Å². The molecule has 0 spiro atoms. The molecule has 0 aliphatic heterocycles. The van der Waals surface area contributed by atoms with E-state index in [1.54, 1.807) is 12.1 Å². The third kappa shape index (κ3) is 3.17. The van der Waals surface area contributed by atoms with Crippen LogP contribution in [0.3, 0.4) is 0 Å². The molecule has 0 aromatic heterocycles. The topological polar surface area (TPSA) is 32.3 Å². The highest BCUT2D eigenvalue weighted by Gasteiger charge is 2.25. The van der Waals surface area contributed by atoms with Crippen LogP contribution in [0.25, 0.3) is 0 Å². The van der Waals surface area contributed by atoms with Crippen LogP contribution in [0.2, 0.25) is 0 Å². The van der Waals surface area contributed by atoms with Crippen molar-refractivity contribution in [2.75, 3.05) is 11.9 Å². The quantitative estimate of drug-likeness (QED) is 0.870. The van der Waals surface area contributed by atoms with Gasteiger partial charge in [0.05, 0.1) is 12.1 Å². The molecule has 2 rings (SSSR count). The summed E-state index contributed by atoms with van der Waals surface area (Å²) in [6, 6.07) is 14.3. The van der Waals surface area contributed by atoms with Gasteiger partial charge >= 0.3 is 0 Å². The molecule has 20 heavy (non-hydrogen) atoms. The van der Waals surface area contributed by atoms with Gasteiger partial charge in [0, 0.05) is 5.69 Å². The van der Waals surface area contributed by atoms with Crippen LogP contribution in [0.1, 0.15) is 25.0 Å². The highest BCUT2D eigenvalue weighted by Crippen LogP contribution is 2.26. The van der Waals surface area contributed by atoms with Crippen molar-refractivity contribution in [2.45, 2.75) is 25.8 Å². The van der Waals surface area contributed by atoms with Crippen LogP contribution in [0.15, 0.2) is 48.5 Å². The Morgan fingerprint density at radius 2 is 1.65 bits per heavy atom. The number of halogens is 1. The molecule has 3 heteroatoms. The SMILES string of the molecule is CCc1ccc(C(C)(CO)Nc2ccc(F)cc2)cc1. The minimum Gasteiger partial charge on any atom is -0.394 e. The molecule has 0 heterocycles. The molecule has 2 N–H and O–H groups in total. The Bertz CT molecular complexity index is 550. The van der Waals surface area contributed by atoms with Gasteiger partial charge in [0.15, 0.2) is 0 Å². The molecule has 0 radical (unpaired) electrons. The summed E-state index contributed by atoms with van der Waals surface area (Å²) in [4.78, 5) is 0. The van der Waals surface area contributed by atoms with E-state index >= 15 is 0 Å². The molecule has 1 atom stereocenters. The lowest BCUT2D eigenvalue weighted by Gasteiger charge is -2.30. The van der Waals surface area contributed by atoms with Gasteiger partial charge in [-0.25, -0.2) is 4.39 Å². The summed E-state index contributed by atoms with van der Waals surface area (Å²) in [6.45, 7) is 3.99. The number of aliphatic hydroxyl groups excluding tert-OH is 1. The average Bonchev–Trinajstić information content (AvgIpc) is 2.49. The Kier molecular flexibility index (Phi) is 4.40. The first kappa shape index (κ1) is 14.5. The van der Waals surface area contributed by atoms with E-state index in [1.165, 1.54) is 17.7 Å².